The van der Waals surface area contributed by atoms with Gasteiger partial charge in [0.25, 0.3) is 0 Å². The van der Waals surface area contributed by atoms with Crippen LogP contribution in [0.4, 0.5) is 0 Å². The SMILES string of the molecule is CCC(C)(CC)C(OC(C)=O)c1ncn(C(c2ccccc2)(c2ccccc2)c2ccccc2)n1. The third kappa shape index (κ3) is 4.51. The monoisotopic (exact) mass is 467 g/mol. The molecule has 1 atom stereocenters. The van der Waals surface area contributed by atoms with Crippen molar-refractivity contribution >= 4 is 5.97 Å². The second kappa shape index (κ2) is 10.3. The van der Waals surface area contributed by atoms with E-state index in [2.05, 4.69) is 57.2 Å². The number of carbonyl (C=O) groups is 1. The molecule has 0 N–H and O–H groups in total. The van der Waals surface area contributed by atoms with E-state index in [0.717, 1.165) is 29.5 Å². The maximum atomic E-state index is 12.1. The highest BCUT2D eigenvalue weighted by molar-refractivity contribution is 5.66. The number of carbonyl (C=O) groups excluding carboxylic acids is 1. The van der Waals surface area contributed by atoms with Gasteiger partial charge in [-0.15, -0.1) is 0 Å². The number of hydrogen-bond acceptors (Lipinski definition) is 4. The Morgan fingerprint density at radius 1 is 0.829 bits per heavy atom. The number of aromatic nitrogens is 3. The first-order valence-corrected chi connectivity index (χ1v) is 12.2. The molecule has 1 aromatic heterocycles. The number of rotatable bonds is 9. The van der Waals surface area contributed by atoms with Crippen LogP contribution >= 0.6 is 0 Å². The van der Waals surface area contributed by atoms with Crippen LogP contribution in [0.1, 0.15) is 69.2 Å². The number of esters is 1. The van der Waals surface area contributed by atoms with Crippen molar-refractivity contribution in [3.8, 4) is 0 Å². The Bertz CT molecular complexity index is 1140. The fourth-order valence-electron chi connectivity index (χ4n) is 4.79. The Kier molecular flexibility index (Phi) is 7.15. The van der Waals surface area contributed by atoms with E-state index in [1.54, 1.807) is 6.33 Å². The molecule has 0 fully saturated rings. The van der Waals surface area contributed by atoms with Crippen LogP contribution in [0.15, 0.2) is 97.3 Å². The fourth-order valence-corrected chi connectivity index (χ4v) is 4.79. The van der Waals surface area contributed by atoms with E-state index < -0.39 is 11.6 Å². The second-order valence-electron chi connectivity index (χ2n) is 9.21. The van der Waals surface area contributed by atoms with Gasteiger partial charge in [0.05, 0.1) is 0 Å². The highest BCUT2D eigenvalue weighted by atomic mass is 16.5. The molecule has 0 saturated heterocycles. The summed E-state index contributed by atoms with van der Waals surface area (Å²) < 4.78 is 7.77. The predicted octanol–water partition coefficient (Wildman–Crippen LogP) is 6.55. The normalized spacial score (nSPS) is 12.8. The molecular formula is C30H33N3O2. The Labute approximate surface area is 207 Å². The molecule has 180 valence electrons. The minimum absolute atomic E-state index is 0.285. The quantitative estimate of drug-likeness (QED) is 0.207. The third-order valence-corrected chi connectivity index (χ3v) is 7.19. The van der Waals surface area contributed by atoms with Gasteiger partial charge >= 0.3 is 5.97 Å². The smallest absolute Gasteiger partial charge is 0.303 e. The Hall–Kier alpha value is -3.73. The van der Waals surface area contributed by atoms with Crippen LogP contribution < -0.4 is 0 Å². The maximum Gasteiger partial charge on any atom is 0.303 e. The van der Waals surface area contributed by atoms with E-state index in [4.69, 9.17) is 14.8 Å². The fraction of sp³-hybridized carbons (Fsp3) is 0.300. The van der Waals surface area contributed by atoms with Crippen molar-refractivity contribution in [2.75, 3.05) is 0 Å². The summed E-state index contributed by atoms with van der Waals surface area (Å²) >= 11 is 0. The van der Waals surface area contributed by atoms with Gasteiger partial charge in [-0.05, 0) is 29.5 Å². The van der Waals surface area contributed by atoms with Crippen LogP contribution in [0, 0.1) is 5.41 Å². The summed E-state index contributed by atoms with van der Waals surface area (Å²) in [6, 6.07) is 31.0. The molecule has 0 amide bonds. The summed E-state index contributed by atoms with van der Waals surface area (Å²) in [6.45, 7) is 7.79. The van der Waals surface area contributed by atoms with Crippen molar-refractivity contribution in [1.29, 1.82) is 0 Å². The Morgan fingerprint density at radius 3 is 1.63 bits per heavy atom. The van der Waals surface area contributed by atoms with Gasteiger partial charge in [-0.2, -0.15) is 5.10 Å². The van der Waals surface area contributed by atoms with Gasteiger partial charge in [0.2, 0.25) is 0 Å². The molecule has 35 heavy (non-hydrogen) atoms. The van der Waals surface area contributed by atoms with Gasteiger partial charge in [-0.25, -0.2) is 9.67 Å². The van der Waals surface area contributed by atoms with Crippen molar-refractivity contribution in [1.82, 2.24) is 14.8 Å². The Balaban J connectivity index is 2.00. The van der Waals surface area contributed by atoms with Crippen LogP contribution in [0.5, 0.6) is 0 Å². The summed E-state index contributed by atoms with van der Waals surface area (Å²) in [6.07, 6.45) is 2.88. The Morgan fingerprint density at radius 2 is 1.26 bits per heavy atom. The van der Waals surface area contributed by atoms with E-state index in [1.807, 2.05) is 59.3 Å². The summed E-state index contributed by atoms with van der Waals surface area (Å²) in [5.74, 6) is 0.179. The molecule has 4 aromatic rings. The van der Waals surface area contributed by atoms with E-state index in [1.165, 1.54) is 6.92 Å². The molecule has 0 saturated carbocycles. The first kappa shape index (κ1) is 24.4. The number of nitrogens with zero attached hydrogens (tertiary/aromatic N) is 3. The minimum Gasteiger partial charge on any atom is -0.454 e. The van der Waals surface area contributed by atoms with Gasteiger partial charge in [0.1, 0.15) is 11.9 Å². The molecule has 0 aliphatic carbocycles. The standard InChI is InChI=1S/C30H33N3O2/c1-5-29(4,6-2)27(35-23(3)34)28-31-22-33(32-28)30(24-16-10-7-11-17-24,25-18-12-8-13-19-25)26-20-14-9-15-21-26/h7-22,27H,5-6H2,1-4H3. The molecule has 5 nitrogen and oxygen atoms in total. The number of hydrogen-bond donors (Lipinski definition) is 0. The summed E-state index contributed by atoms with van der Waals surface area (Å²) in [5, 5.41) is 5.06. The largest absolute Gasteiger partial charge is 0.454 e. The molecule has 4 rings (SSSR count). The first-order valence-electron chi connectivity index (χ1n) is 12.2. The molecule has 0 aliphatic heterocycles. The van der Waals surface area contributed by atoms with Crippen LogP contribution in [0.3, 0.4) is 0 Å². The summed E-state index contributed by atoms with van der Waals surface area (Å²) in [4.78, 5) is 16.8. The van der Waals surface area contributed by atoms with E-state index in [0.29, 0.717) is 5.82 Å². The number of ether oxygens (including phenoxy) is 1. The first-order chi connectivity index (χ1) is 17.0. The van der Waals surface area contributed by atoms with Crippen LogP contribution in [-0.4, -0.2) is 20.7 Å². The summed E-state index contributed by atoms with van der Waals surface area (Å²) in [7, 11) is 0. The van der Waals surface area contributed by atoms with E-state index in [-0.39, 0.29) is 11.4 Å². The molecule has 0 radical (unpaired) electrons. The highest BCUT2D eigenvalue weighted by Crippen LogP contribution is 2.43. The van der Waals surface area contributed by atoms with Crippen LogP contribution in [0.25, 0.3) is 0 Å². The van der Waals surface area contributed by atoms with Crippen molar-refractivity contribution in [2.24, 2.45) is 5.41 Å². The van der Waals surface area contributed by atoms with Crippen molar-refractivity contribution < 1.29 is 9.53 Å². The molecule has 3 aromatic carbocycles. The lowest BCUT2D eigenvalue weighted by Gasteiger charge is -2.36. The number of benzene rings is 3. The average Bonchev–Trinajstić information content (AvgIpc) is 3.39. The third-order valence-electron chi connectivity index (χ3n) is 7.19. The van der Waals surface area contributed by atoms with Crippen molar-refractivity contribution in [3.63, 3.8) is 0 Å². The second-order valence-corrected chi connectivity index (χ2v) is 9.21. The van der Waals surface area contributed by atoms with Crippen molar-refractivity contribution in [3.05, 3.63) is 120 Å². The topological polar surface area (TPSA) is 57.0 Å². The molecular weight excluding hydrogens is 434 g/mol. The zero-order valence-electron chi connectivity index (χ0n) is 20.9. The van der Waals surface area contributed by atoms with Crippen LogP contribution in [0.2, 0.25) is 0 Å². The molecule has 1 unspecified atom stereocenters. The van der Waals surface area contributed by atoms with Gasteiger partial charge < -0.3 is 4.74 Å². The average molecular weight is 468 g/mol. The van der Waals surface area contributed by atoms with Gasteiger partial charge in [0, 0.05) is 12.3 Å². The lowest BCUT2D eigenvalue weighted by atomic mass is 9.77. The highest BCUT2D eigenvalue weighted by Gasteiger charge is 2.42. The van der Waals surface area contributed by atoms with E-state index >= 15 is 0 Å². The molecule has 1 heterocycles. The van der Waals surface area contributed by atoms with Gasteiger partial charge in [0.15, 0.2) is 11.9 Å². The molecule has 0 aliphatic rings. The zero-order chi connectivity index (χ0) is 24.9. The van der Waals surface area contributed by atoms with Crippen LogP contribution in [-0.2, 0) is 15.1 Å². The van der Waals surface area contributed by atoms with Crippen molar-refractivity contribution in [2.45, 2.75) is 52.2 Å². The predicted molar refractivity (Wildman–Crippen MR) is 138 cm³/mol. The lowest BCUT2D eigenvalue weighted by Crippen LogP contribution is -2.38. The van der Waals surface area contributed by atoms with Gasteiger partial charge in [-0.3, -0.25) is 4.79 Å². The molecule has 0 spiro atoms. The minimum atomic E-state index is -0.759. The van der Waals surface area contributed by atoms with Gasteiger partial charge in [-0.1, -0.05) is 112 Å². The van der Waals surface area contributed by atoms with E-state index in [9.17, 15) is 4.79 Å². The maximum absolute atomic E-state index is 12.1. The lowest BCUT2D eigenvalue weighted by molar-refractivity contribution is -0.155. The summed E-state index contributed by atoms with van der Waals surface area (Å²) in [5.41, 5.74) is 2.14. The zero-order valence-corrected chi connectivity index (χ0v) is 20.9. The molecule has 0 bridgehead atoms. The molecule has 5 heteroatoms.